The lowest BCUT2D eigenvalue weighted by atomic mass is 10.1. The fraction of sp³-hybridized carbons (Fsp3) is 0.233. The quantitative estimate of drug-likeness (QED) is 0.0329. The van der Waals surface area contributed by atoms with E-state index in [0.29, 0.717) is 16.8 Å². The summed E-state index contributed by atoms with van der Waals surface area (Å²) in [6, 6.07) is 22.9. The summed E-state index contributed by atoms with van der Waals surface area (Å²) in [6.45, 7) is -0.883. The predicted molar refractivity (Wildman–Crippen MR) is 246 cm³/mol. The molecule has 0 unspecified atom stereocenters. The molecule has 22 nitrogen and oxygen atoms in total. The van der Waals surface area contributed by atoms with Crippen LogP contribution in [0.2, 0.25) is 0 Å². The van der Waals surface area contributed by atoms with Crippen molar-refractivity contribution >= 4 is 73.5 Å². The van der Waals surface area contributed by atoms with E-state index in [0.717, 1.165) is 6.07 Å². The van der Waals surface area contributed by atoms with E-state index in [-0.39, 0.29) is 123 Å². The molecule has 0 aliphatic heterocycles. The number of carboxylic acids is 1. The Morgan fingerprint density at radius 2 is 0.985 bits per heavy atom. The number of para-hydroxylation sites is 1. The summed E-state index contributed by atoms with van der Waals surface area (Å²) in [7, 11) is -9.84. The van der Waals surface area contributed by atoms with E-state index in [2.05, 4.69) is 40.5 Å². The van der Waals surface area contributed by atoms with E-state index in [9.17, 15) is 56.3 Å². The van der Waals surface area contributed by atoms with E-state index in [1.165, 1.54) is 53.5 Å². The third-order valence-corrected chi connectivity index (χ3v) is 11.5. The highest BCUT2D eigenvalue weighted by Crippen LogP contribution is 2.28. The molecule has 24 heteroatoms. The highest BCUT2D eigenvalue weighted by Gasteiger charge is 2.21. The molecule has 2 heterocycles. The largest absolute Gasteiger partial charge is 0.478 e. The molecular weight excluding hydrogens is 913 g/mol. The molecule has 0 bridgehead atoms. The molecule has 0 aliphatic rings. The van der Waals surface area contributed by atoms with Gasteiger partial charge >= 0.3 is 5.97 Å². The maximum Gasteiger partial charge on any atom is 0.335 e. The second-order valence-corrected chi connectivity index (χ2v) is 17.3. The van der Waals surface area contributed by atoms with Gasteiger partial charge in [-0.1, -0.05) is 60.7 Å². The molecule has 0 atom stereocenters. The minimum absolute atomic E-state index is 0.0393. The number of aromatic nitrogens is 6. The number of hydrogen-bond acceptors (Lipinski definition) is 19. The number of carboxylic acid groups (broad SMARTS) is 1. The second-order valence-electron chi connectivity index (χ2n) is 14.5. The zero-order chi connectivity index (χ0) is 48.1. The van der Waals surface area contributed by atoms with Gasteiger partial charge in [-0.2, -0.15) is 46.7 Å². The number of aromatic carboxylic acids is 1. The molecule has 67 heavy (non-hydrogen) atoms. The van der Waals surface area contributed by atoms with E-state index < -0.39 is 36.0 Å². The van der Waals surface area contributed by atoms with Gasteiger partial charge in [-0.25, -0.2) is 4.79 Å². The molecule has 6 rings (SSSR count). The number of hydrogen-bond donors (Lipinski definition) is 9. The Morgan fingerprint density at radius 1 is 0.537 bits per heavy atom. The third-order valence-electron chi connectivity index (χ3n) is 9.69. The van der Waals surface area contributed by atoms with Crippen LogP contribution in [0.25, 0.3) is 12.2 Å². The third kappa shape index (κ3) is 13.8. The van der Waals surface area contributed by atoms with Crippen LogP contribution >= 0.6 is 0 Å². The van der Waals surface area contributed by atoms with Crippen molar-refractivity contribution in [3.63, 3.8) is 0 Å². The highest BCUT2D eigenvalue weighted by molar-refractivity contribution is 7.86. The first kappa shape index (κ1) is 49.4. The van der Waals surface area contributed by atoms with Gasteiger partial charge in [0, 0.05) is 50.4 Å². The average molecular weight is 959 g/mol. The molecular formula is C43H46N10O12S2. The Bertz CT molecular complexity index is 2920. The summed E-state index contributed by atoms with van der Waals surface area (Å²) in [6.07, 6.45) is 2.50. The number of rotatable bonds is 23. The molecule has 9 N–H and O–H groups in total. The monoisotopic (exact) mass is 958 g/mol. The van der Waals surface area contributed by atoms with Gasteiger partial charge in [0.15, 0.2) is 0 Å². The van der Waals surface area contributed by atoms with E-state index >= 15 is 0 Å². The molecule has 0 radical (unpaired) electrons. The molecule has 352 valence electrons. The van der Waals surface area contributed by atoms with Crippen LogP contribution in [-0.2, 0) is 33.1 Å². The predicted octanol–water partition coefficient (Wildman–Crippen LogP) is 2.67. The number of anilines is 6. The van der Waals surface area contributed by atoms with Crippen molar-refractivity contribution in [1.82, 2.24) is 29.9 Å². The van der Waals surface area contributed by atoms with Crippen molar-refractivity contribution < 1.29 is 56.3 Å². The lowest BCUT2D eigenvalue weighted by Crippen LogP contribution is -2.32. The number of nitrogens with one attached hydrogen (secondary N) is 2. The molecule has 0 amide bonds. The van der Waals surface area contributed by atoms with Crippen molar-refractivity contribution in [3.8, 4) is 0 Å². The van der Waals surface area contributed by atoms with Gasteiger partial charge in [0.1, 0.15) is 21.4 Å². The van der Waals surface area contributed by atoms with Crippen molar-refractivity contribution in [2.75, 3.05) is 73.0 Å². The maximum absolute atomic E-state index is 12.8. The number of aliphatic hydroxyl groups is 4. The molecule has 6 aromatic rings. The highest BCUT2D eigenvalue weighted by atomic mass is 32.2. The SMILES string of the molecule is O=C(O)c1ccc(Cc2nc(Nc3ccc(/C=C/c4ccc(Cc5nc(Nc6ccccc6)nc(N(CCO)CCO)n5)cc4S(=O)(=O)O)c(S(=O)(=O)O)c3)nc(N(CCO)CCO)n2)cc1. The standard InChI is InChI=1S/C43H46N10O12S2/c54-20-16-52(17-21-55)42-48-37(25-28-6-10-32(11-7-28)39(58)59)46-41(51-42)45-34-15-14-31(36(27-34)67(63,64)65)13-12-30-9-8-29(24-35(30)66(60,61)62)26-38-47-40(44-33-4-2-1-3-5-33)50-43(49-38)53(18-22-56)19-23-57/h1-15,24,27,54-57H,16-23,25-26H2,(H,58,59)(H,60,61,62)(H,63,64,65)(H,44,47,49,50)(H,45,46,48,51)/b13-12+. The van der Waals surface area contributed by atoms with Crippen LogP contribution < -0.4 is 20.4 Å². The van der Waals surface area contributed by atoms with E-state index in [1.54, 1.807) is 47.4 Å². The van der Waals surface area contributed by atoms with Crippen molar-refractivity contribution in [1.29, 1.82) is 0 Å². The first-order valence-corrected chi connectivity index (χ1v) is 23.2. The summed E-state index contributed by atoms with van der Waals surface area (Å²) in [5.41, 5.74) is 1.66. The maximum atomic E-state index is 12.8. The fourth-order valence-corrected chi connectivity index (χ4v) is 8.03. The lowest BCUT2D eigenvalue weighted by molar-refractivity contribution is 0.0696. The van der Waals surface area contributed by atoms with E-state index in [4.69, 9.17) is 0 Å². The topological polar surface area (TPSA) is 335 Å². The summed E-state index contributed by atoms with van der Waals surface area (Å²) in [4.78, 5) is 40.0. The molecule has 0 fully saturated rings. The van der Waals surface area contributed by atoms with Gasteiger partial charge in [-0.15, -0.1) is 0 Å². The van der Waals surface area contributed by atoms with Crippen LogP contribution in [0.3, 0.4) is 0 Å². The molecule has 0 saturated heterocycles. The lowest BCUT2D eigenvalue weighted by Gasteiger charge is -2.21. The van der Waals surface area contributed by atoms with Gasteiger partial charge in [0.05, 0.1) is 32.0 Å². The summed E-state index contributed by atoms with van der Waals surface area (Å²) in [5, 5.41) is 53.9. The van der Waals surface area contributed by atoms with Gasteiger partial charge in [0.25, 0.3) is 20.2 Å². The zero-order valence-electron chi connectivity index (χ0n) is 35.5. The second kappa shape index (κ2) is 22.4. The van der Waals surface area contributed by atoms with Crippen LogP contribution in [0.5, 0.6) is 0 Å². The average Bonchev–Trinajstić information content (AvgIpc) is 3.28. The van der Waals surface area contributed by atoms with Gasteiger partial charge in [0.2, 0.25) is 23.8 Å². The number of benzene rings is 4. The minimum Gasteiger partial charge on any atom is -0.478 e. The first-order chi connectivity index (χ1) is 32.1. The molecule has 4 aromatic carbocycles. The number of aliphatic hydroxyl groups excluding tert-OH is 4. The van der Waals surface area contributed by atoms with Gasteiger partial charge in [-0.3, -0.25) is 9.11 Å². The van der Waals surface area contributed by atoms with Gasteiger partial charge in [-0.05, 0) is 64.7 Å². The van der Waals surface area contributed by atoms with Gasteiger partial charge < -0.3 is 46.0 Å². The van der Waals surface area contributed by atoms with Crippen molar-refractivity contribution in [3.05, 3.63) is 130 Å². The molecule has 2 aromatic heterocycles. The first-order valence-electron chi connectivity index (χ1n) is 20.3. The Labute approximate surface area is 384 Å². The summed E-state index contributed by atoms with van der Waals surface area (Å²) in [5.74, 6) is -0.517. The Kier molecular flexibility index (Phi) is 16.5. The van der Waals surface area contributed by atoms with Crippen LogP contribution in [0.1, 0.15) is 44.3 Å². The Hall–Kier alpha value is -7.03. The number of nitrogens with zero attached hydrogens (tertiary/aromatic N) is 8. The van der Waals surface area contributed by atoms with Crippen LogP contribution in [-0.4, -0.2) is 140 Å². The molecule has 0 aliphatic carbocycles. The summed E-state index contributed by atoms with van der Waals surface area (Å²) < 4.78 is 71.7. The minimum atomic E-state index is -4.94. The Morgan fingerprint density at radius 3 is 1.46 bits per heavy atom. The summed E-state index contributed by atoms with van der Waals surface area (Å²) >= 11 is 0. The normalized spacial score (nSPS) is 11.7. The van der Waals surface area contributed by atoms with Crippen LogP contribution in [0, 0.1) is 0 Å². The zero-order valence-corrected chi connectivity index (χ0v) is 37.1. The van der Waals surface area contributed by atoms with Crippen molar-refractivity contribution in [2.45, 2.75) is 22.6 Å². The Balaban J connectivity index is 1.31. The van der Waals surface area contributed by atoms with Crippen LogP contribution in [0.4, 0.5) is 35.2 Å². The van der Waals surface area contributed by atoms with Crippen molar-refractivity contribution in [2.24, 2.45) is 0 Å². The molecule has 0 spiro atoms. The molecule has 0 saturated carbocycles. The fourth-order valence-electron chi connectivity index (χ4n) is 6.59. The van der Waals surface area contributed by atoms with Crippen LogP contribution in [0.15, 0.2) is 101 Å². The van der Waals surface area contributed by atoms with E-state index in [1.807, 2.05) is 6.07 Å². The smallest absolute Gasteiger partial charge is 0.335 e. The number of carbonyl (C=O) groups is 1.